The molecule has 5 rings (SSSR count). The van der Waals surface area contributed by atoms with Gasteiger partial charge in [0.15, 0.2) is 5.16 Å². The first kappa shape index (κ1) is 22.6. The topological polar surface area (TPSA) is 90.5 Å². The molecule has 0 saturated heterocycles. The van der Waals surface area contributed by atoms with Crippen molar-refractivity contribution in [2.45, 2.75) is 12.1 Å². The van der Waals surface area contributed by atoms with Crippen LogP contribution in [0.1, 0.15) is 5.56 Å². The van der Waals surface area contributed by atoms with E-state index in [4.69, 9.17) is 4.74 Å². The van der Waals surface area contributed by atoms with E-state index in [-0.39, 0.29) is 22.9 Å². The smallest absolute Gasteiger partial charge is 0.267 e. The quantitative estimate of drug-likeness (QED) is 0.359. The molecule has 176 valence electrons. The van der Waals surface area contributed by atoms with Crippen LogP contribution < -0.4 is 15.6 Å². The van der Waals surface area contributed by atoms with Crippen molar-refractivity contribution in [1.82, 2.24) is 19.2 Å². The summed E-state index contributed by atoms with van der Waals surface area (Å²) in [5.41, 5.74) is 1.81. The lowest BCUT2D eigenvalue weighted by molar-refractivity contribution is -0.113. The summed E-state index contributed by atoms with van der Waals surface area (Å²) in [6.45, 7) is 1.77. The number of aryl methyl sites for hydroxylation is 1. The van der Waals surface area contributed by atoms with Crippen LogP contribution in [0.2, 0.25) is 0 Å². The second-order valence-electron chi connectivity index (χ2n) is 7.80. The average molecular weight is 490 g/mol. The molecule has 0 bridgehead atoms. The van der Waals surface area contributed by atoms with E-state index < -0.39 is 5.82 Å². The van der Waals surface area contributed by atoms with E-state index in [9.17, 15) is 14.0 Å². The fourth-order valence-electron chi connectivity index (χ4n) is 3.79. The summed E-state index contributed by atoms with van der Waals surface area (Å²) in [5, 5.41) is 12.0. The number of anilines is 1. The summed E-state index contributed by atoms with van der Waals surface area (Å²) < 4.78 is 22.6. The average Bonchev–Trinajstić information content (AvgIpc) is 3.28. The normalized spacial score (nSPS) is 11.2. The maximum absolute atomic E-state index is 14.1. The van der Waals surface area contributed by atoms with Crippen molar-refractivity contribution in [2.24, 2.45) is 0 Å². The van der Waals surface area contributed by atoms with Gasteiger partial charge in [-0.15, -0.1) is 10.2 Å². The molecule has 0 spiro atoms. The minimum Gasteiger partial charge on any atom is -0.497 e. The van der Waals surface area contributed by atoms with Crippen LogP contribution in [0, 0.1) is 12.7 Å². The number of hydrogen-bond acceptors (Lipinski definition) is 6. The number of halogens is 1. The highest BCUT2D eigenvalue weighted by Gasteiger charge is 2.19. The number of nitrogens with zero attached hydrogens (tertiary/aromatic N) is 4. The predicted octanol–water partition coefficient (Wildman–Crippen LogP) is 4.22. The highest BCUT2D eigenvalue weighted by Crippen LogP contribution is 2.25. The molecule has 0 aliphatic carbocycles. The number of fused-ring (bicyclic) bond motifs is 3. The predicted molar refractivity (Wildman–Crippen MR) is 133 cm³/mol. The molecule has 1 N–H and O–H groups in total. The molecule has 5 aromatic rings. The van der Waals surface area contributed by atoms with Crippen LogP contribution in [-0.4, -0.2) is 37.9 Å². The maximum atomic E-state index is 14.1. The van der Waals surface area contributed by atoms with Crippen LogP contribution in [0.3, 0.4) is 0 Å². The number of para-hydroxylation sites is 1. The van der Waals surface area contributed by atoms with Gasteiger partial charge in [0.1, 0.15) is 11.6 Å². The van der Waals surface area contributed by atoms with Gasteiger partial charge >= 0.3 is 0 Å². The number of thioether (sulfide) groups is 1. The molecule has 8 nitrogen and oxygen atoms in total. The molecule has 2 heterocycles. The highest BCUT2D eigenvalue weighted by atomic mass is 32.2. The summed E-state index contributed by atoms with van der Waals surface area (Å²) in [6, 6.07) is 18.8. The Kier molecular flexibility index (Phi) is 5.96. The third-order valence-electron chi connectivity index (χ3n) is 5.44. The fraction of sp³-hybridized carbons (Fsp3) is 0.120. The van der Waals surface area contributed by atoms with Gasteiger partial charge in [0.2, 0.25) is 11.7 Å². The van der Waals surface area contributed by atoms with E-state index in [0.29, 0.717) is 33.3 Å². The van der Waals surface area contributed by atoms with Crippen molar-refractivity contribution in [1.29, 1.82) is 0 Å². The monoisotopic (exact) mass is 489 g/mol. The molecule has 0 radical (unpaired) electrons. The Morgan fingerprint density at radius 2 is 1.91 bits per heavy atom. The molecular weight excluding hydrogens is 469 g/mol. The van der Waals surface area contributed by atoms with Crippen molar-refractivity contribution >= 4 is 40.0 Å². The van der Waals surface area contributed by atoms with Crippen LogP contribution in [0.5, 0.6) is 5.75 Å². The number of rotatable bonds is 6. The lowest BCUT2D eigenvalue weighted by Gasteiger charge is -2.12. The zero-order valence-electron chi connectivity index (χ0n) is 18.9. The molecule has 3 aromatic carbocycles. The van der Waals surface area contributed by atoms with Crippen molar-refractivity contribution in [3.8, 4) is 11.4 Å². The maximum Gasteiger partial charge on any atom is 0.267 e. The Morgan fingerprint density at radius 1 is 1.09 bits per heavy atom. The molecule has 0 aliphatic heterocycles. The van der Waals surface area contributed by atoms with Crippen molar-refractivity contribution in [2.75, 3.05) is 18.2 Å². The standard InChI is InChI=1S/C25H20FN5O3S/c1-15-10-11-20(19(26)12-15)27-22(32)14-35-25-29-28-24-30(16-6-5-7-17(13-16)34-2)23(33)18-8-3-4-9-21(18)31(24)25/h3-13H,14H2,1-2H3,(H,27,32). The minimum absolute atomic E-state index is 0.0271. The van der Waals surface area contributed by atoms with Gasteiger partial charge in [-0.3, -0.25) is 14.0 Å². The lowest BCUT2D eigenvalue weighted by Crippen LogP contribution is -2.22. The second kappa shape index (κ2) is 9.22. The second-order valence-corrected chi connectivity index (χ2v) is 8.74. The molecule has 35 heavy (non-hydrogen) atoms. The summed E-state index contributed by atoms with van der Waals surface area (Å²) in [6.07, 6.45) is 0. The zero-order valence-corrected chi connectivity index (χ0v) is 19.7. The van der Waals surface area contributed by atoms with E-state index in [2.05, 4.69) is 15.5 Å². The Hall–Kier alpha value is -4.18. The molecule has 0 aliphatic rings. The number of ether oxygens (including phenoxy) is 1. The first-order chi connectivity index (χ1) is 17.0. The van der Waals surface area contributed by atoms with Gasteiger partial charge in [-0.05, 0) is 48.9 Å². The molecule has 0 fully saturated rings. The molecule has 2 aromatic heterocycles. The van der Waals surface area contributed by atoms with E-state index in [1.807, 2.05) is 6.07 Å². The van der Waals surface area contributed by atoms with E-state index in [1.165, 1.54) is 16.7 Å². The summed E-state index contributed by atoms with van der Waals surface area (Å²) in [7, 11) is 1.55. The molecule has 0 unspecified atom stereocenters. The van der Waals surface area contributed by atoms with E-state index in [1.54, 1.807) is 67.0 Å². The molecule has 0 saturated carbocycles. The van der Waals surface area contributed by atoms with Crippen LogP contribution in [0.15, 0.2) is 76.7 Å². The Balaban J connectivity index is 1.54. The van der Waals surface area contributed by atoms with Gasteiger partial charge < -0.3 is 10.1 Å². The summed E-state index contributed by atoms with van der Waals surface area (Å²) >= 11 is 1.14. The van der Waals surface area contributed by atoms with Crippen LogP contribution in [0.4, 0.5) is 10.1 Å². The van der Waals surface area contributed by atoms with Gasteiger partial charge in [0.25, 0.3) is 5.56 Å². The minimum atomic E-state index is -0.496. The van der Waals surface area contributed by atoms with Gasteiger partial charge in [-0.1, -0.05) is 36.0 Å². The number of nitrogens with one attached hydrogen (secondary N) is 1. The van der Waals surface area contributed by atoms with Gasteiger partial charge in [0, 0.05) is 6.07 Å². The molecule has 0 atom stereocenters. The van der Waals surface area contributed by atoms with Crippen molar-refractivity contribution < 1.29 is 13.9 Å². The fourth-order valence-corrected chi connectivity index (χ4v) is 4.53. The summed E-state index contributed by atoms with van der Waals surface area (Å²) in [5.74, 6) is -0.0189. The summed E-state index contributed by atoms with van der Waals surface area (Å²) in [4.78, 5) is 25.9. The third kappa shape index (κ3) is 4.24. The third-order valence-corrected chi connectivity index (χ3v) is 6.37. The zero-order chi connectivity index (χ0) is 24.5. The largest absolute Gasteiger partial charge is 0.497 e. The number of hydrogen-bond donors (Lipinski definition) is 1. The Morgan fingerprint density at radius 3 is 2.71 bits per heavy atom. The first-order valence-corrected chi connectivity index (χ1v) is 11.7. The van der Waals surface area contributed by atoms with Gasteiger partial charge in [-0.25, -0.2) is 8.96 Å². The number of carbonyl (C=O) groups is 1. The number of methoxy groups -OCH3 is 1. The molecule has 1 amide bonds. The first-order valence-electron chi connectivity index (χ1n) is 10.7. The van der Waals surface area contributed by atoms with E-state index in [0.717, 1.165) is 17.3 Å². The number of amides is 1. The van der Waals surface area contributed by atoms with Crippen LogP contribution >= 0.6 is 11.8 Å². The van der Waals surface area contributed by atoms with Gasteiger partial charge in [-0.2, -0.15) is 0 Å². The van der Waals surface area contributed by atoms with Crippen molar-refractivity contribution in [3.05, 3.63) is 88.5 Å². The molecule has 10 heteroatoms. The molecular formula is C25H20FN5O3S. The van der Waals surface area contributed by atoms with Gasteiger partial charge in [0.05, 0.1) is 35.1 Å². The van der Waals surface area contributed by atoms with Crippen LogP contribution in [-0.2, 0) is 4.79 Å². The van der Waals surface area contributed by atoms with Crippen LogP contribution in [0.25, 0.3) is 22.4 Å². The van der Waals surface area contributed by atoms with Crippen molar-refractivity contribution in [3.63, 3.8) is 0 Å². The SMILES string of the molecule is COc1cccc(-n2c(=O)c3ccccc3n3c(SCC(=O)Nc4ccc(C)cc4F)nnc23)c1. The lowest BCUT2D eigenvalue weighted by atomic mass is 10.2. The van der Waals surface area contributed by atoms with E-state index >= 15 is 0 Å². The number of aromatic nitrogens is 4. The number of carbonyl (C=O) groups excluding carboxylic acids is 1. The Bertz CT molecular complexity index is 1650. The highest BCUT2D eigenvalue weighted by molar-refractivity contribution is 7.99. The number of benzene rings is 3. The Labute approximate surface area is 203 Å².